The largest absolute Gasteiger partial charge is 0.395 e. The molecule has 3 aromatic rings. The first-order chi connectivity index (χ1) is 17.6. The third kappa shape index (κ3) is 5.13. The predicted molar refractivity (Wildman–Crippen MR) is 139 cm³/mol. The second kappa shape index (κ2) is 10.9. The molecule has 0 unspecified atom stereocenters. The number of fused-ring (bicyclic) bond motifs is 1. The molecule has 0 saturated carbocycles. The fraction of sp³-hybridized carbons (Fsp3) is 0.300. The second-order valence-corrected chi connectivity index (χ2v) is 9.38. The molecule has 0 radical (unpaired) electrons. The van der Waals surface area contributed by atoms with Gasteiger partial charge in [-0.3, -0.25) is 4.90 Å². The number of carbonyl (C=O) groups excluding carboxylic acids is 1. The van der Waals surface area contributed by atoms with Crippen LogP contribution in [-0.4, -0.2) is 59.3 Å². The van der Waals surface area contributed by atoms with Crippen LogP contribution in [0.15, 0.2) is 78.9 Å². The van der Waals surface area contributed by atoms with E-state index in [4.69, 9.17) is 0 Å². The SMILES string of the molecule is O=C(Nc1ccccc1F)N1CCCCN2[C@H](CO)[C@@H](c3ccc(C#Cc4ccccc4)cc3)[C@@H]2C1. The number of aliphatic hydroxyl groups excluding tert-OH is 1. The summed E-state index contributed by atoms with van der Waals surface area (Å²) in [5.41, 5.74) is 3.23. The minimum atomic E-state index is -0.447. The van der Waals surface area contributed by atoms with Gasteiger partial charge in [0.1, 0.15) is 5.82 Å². The maximum absolute atomic E-state index is 14.1. The Morgan fingerprint density at radius 1 is 0.917 bits per heavy atom. The van der Waals surface area contributed by atoms with Gasteiger partial charge in [-0.25, -0.2) is 9.18 Å². The Balaban J connectivity index is 1.32. The molecule has 3 aromatic carbocycles. The maximum atomic E-state index is 14.1. The third-order valence-electron chi connectivity index (χ3n) is 7.19. The average Bonchev–Trinajstić information content (AvgIpc) is 2.89. The first kappa shape index (κ1) is 24.1. The van der Waals surface area contributed by atoms with E-state index < -0.39 is 5.82 Å². The second-order valence-electron chi connectivity index (χ2n) is 9.38. The molecule has 3 atom stereocenters. The molecule has 5 nitrogen and oxygen atoms in total. The summed E-state index contributed by atoms with van der Waals surface area (Å²) < 4.78 is 14.1. The van der Waals surface area contributed by atoms with Gasteiger partial charge in [0, 0.05) is 42.2 Å². The van der Waals surface area contributed by atoms with Crippen LogP contribution in [0.25, 0.3) is 0 Å². The monoisotopic (exact) mass is 483 g/mol. The molecule has 36 heavy (non-hydrogen) atoms. The standard InChI is InChI=1S/C30H30FN3O2/c31-25-10-4-5-11-26(25)32-30(36)33-18-6-7-19-34-27(20-33)29(28(34)21-35)24-16-14-23(15-17-24)13-12-22-8-2-1-3-9-22/h1-5,8-11,14-17,27-29,35H,6-7,18-21H2,(H,32,36)/t27-,28+,29-/m0/s1. The Morgan fingerprint density at radius 3 is 2.31 bits per heavy atom. The summed E-state index contributed by atoms with van der Waals surface area (Å²) >= 11 is 0. The molecule has 2 saturated heterocycles. The molecule has 2 N–H and O–H groups in total. The van der Waals surface area contributed by atoms with Gasteiger partial charge in [-0.2, -0.15) is 0 Å². The number of aliphatic hydroxyl groups is 1. The Kier molecular flexibility index (Phi) is 7.31. The van der Waals surface area contributed by atoms with Crippen LogP contribution in [0.5, 0.6) is 0 Å². The first-order valence-corrected chi connectivity index (χ1v) is 12.5. The van der Waals surface area contributed by atoms with E-state index in [1.165, 1.54) is 6.07 Å². The number of benzene rings is 3. The molecule has 2 fully saturated rings. The maximum Gasteiger partial charge on any atom is 0.321 e. The number of hydrogen-bond acceptors (Lipinski definition) is 3. The summed E-state index contributed by atoms with van der Waals surface area (Å²) in [6, 6.07) is 24.1. The predicted octanol–water partition coefficient (Wildman–Crippen LogP) is 4.68. The lowest BCUT2D eigenvalue weighted by molar-refractivity contribution is -0.0585. The van der Waals surface area contributed by atoms with Gasteiger partial charge in [0.15, 0.2) is 0 Å². The van der Waals surface area contributed by atoms with Gasteiger partial charge >= 0.3 is 6.03 Å². The molecule has 2 amide bonds. The van der Waals surface area contributed by atoms with Gasteiger partial charge in [-0.05, 0) is 61.3 Å². The molecule has 5 rings (SSSR count). The van der Waals surface area contributed by atoms with Gasteiger partial charge in [0.2, 0.25) is 0 Å². The quantitative estimate of drug-likeness (QED) is 0.532. The highest BCUT2D eigenvalue weighted by atomic mass is 19.1. The summed E-state index contributed by atoms with van der Waals surface area (Å²) in [7, 11) is 0. The Labute approximate surface area is 211 Å². The van der Waals surface area contributed by atoms with Gasteiger partial charge in [0.25, 0.3) is 0 Å². The zero-order valence-corrected chi connectivity index (χ0v) is 20.1. The zero-order valence-electron chi connectivity index (χ0n) is 20.1. The highest BCUT2D eigenvalue weighted by molar-refractivity contribution is 5.89. The molecule has 0 spiro atoms. The molecule has 0 aliphatic carbocycles. The van der Waals surface area contributed by atoms with E-state index in [1.807, 2.05) is 42.5 Å². The number of nitrogens with one attached hydrogen (secondary N) is 1. The topological polar surface area (TPSA) is 55.8 Å². The number of anilines is 1. The highest BCUT2D eigenvalue weighted by Gasteiger charge is 2.49. The van der Waals surface area contributed by atoms with Crippen molar-refractivity contribution >= 4 is 11.7 Å². The number of amides is 2. The lowest BCUT2D eigenvalue weighted by Crippen LogP contribution is -2.68. The molecule has 6 heteroatoms. The molecule has 2 aliphatic heterocycles. The van der Waals surface area contributed by atoms with Crippen LogP contribution in [0.3, 0.4) is 0 Å². The molecular weight excluding hydrogens is 453 g/mol. The summed E-state index contributed by atoms with van der Waals surface area (Å²) in [5, 5.41) is 12.9. The number of rotatable bonds is 3. The van der Waals surface area contributed by atoms with Crippen molar-refractivity contribution in [2.45, 2.75) is 30.8 Å². The number of halogens is 1. The third-order valence-corrected chi connectivity index (χ3v) is 7.19. The van der Waals surface area contributed by atoms with Crippen molar-refractivity contribution in [2.75, 3.05) is 31.6 Å². The van der Waals surface area contributed by atoms with E-state index in [-0.39, 0.29) is 36.3 Å². The lowest BCUT2D eigenvalue weighted by atomic mass is 9.74. The van der Waals surface area contributed by atoms with E-state index in [1.54, 1.807) is 23.1 Å². The Morgan fingerprint density at radius 2 is 1.58 bits per heavy atom. The Bertz CT molecular complexity index is 1250. The van der Waals surface area contributed by atoms with Crippen LogP contribution in [0.4, 0.5) is 14.9 Å². The van der Waals surface area contributed by atoms with Crippen molar-refractivity contribution in [3.63, 3.8) is 0 Å². The van der Waals surface area contributed by atoms with Crippen molar-refractivity contribution in [1.82, 2.24) is 9.80 Å². The molecule has 0 bridgehead atoms. The van der Waals surface area contributed by atoms with E-state index in [9.17, 15) is 14.3 Å². The summed E-state index contributed by atoms with van der Waals surface area (Å²) in [6.45, 7) is 2.11. The van der Waals surface area contributed by atoms with E-state index in [0.717, 1.165) is 36.1 Å². The van der Waals surface area contributed by atoms with Crippen LogP contribution in [0.2, 0.25) is 0 Å². The Hall–Kier alpha value is -3.66. The van der Waals surface area contributed by atoms with Crippen LogP contribution in [0, 0.1) is 17.7 Å². The van der Waals surface area contributed by atoms with Crippen LogP contribution < -0.4 is 5.32 Å². The summed E-state index contributed by atoms with van der Waals surface area (Å²) in [4.78, 5) is 17.2. The van der Waals surface area contributed by atoms with Crippen LogP contribution >= 0.6 is 0 Å². The van der Waals surface area contributed by atoms with Crippen molar-refractivity contribution in [3.05, 3.63) is 101 Å². The van der Waals surface area contributed by atoms with Gasteiger partial charge in [-0.1, -0.05) is 54.3 Å². The summed E-state index contributed by atoms with van der Waals surface area (Å²) in [5.74, 6) is 6.05. The van der Waals surface area contributed by atoms with E-state index in [0.29, 0.717) is 13.1 Å². The molecule has 0 aromatic heterocycles. The number of urea groups is 1. The van der Waals surface area contributed by atoms with Crippen molar-refractivity contribution in [1.29, 1.82) is 0 Å². The summed E-state index contributed by atoms with van der Waals surface area (Å²) in [6.07, 6.45) is 1.81. The van der Waals surface area contributed by atoms with Crippen molar-refractivity contribution in [3.8, 4) is 11.8 Å². The molecule has 2 heterocycles. The van der Waals surface area contributed by atoms with Crippen molar-refractivity contribution in [2.24, 2.45) is 0 Å². The number of hydrogen-bond donors (Lipinski definition) is 2. The van der Waals surface area contributed by atoms with E-state index >= 15 is 0 Å². The number of carbonyl (C=O) groups is 1. The van der Waals surface area contributed by atoms with Crippen LogP contribution in [-0.2, 0) is 0 Å². The average molecular weight is 484 g/mol. The molecule has 2 aliphatic rings. The first-order valence-electron chi connectivity index (χ1n) is 12.5. The normalized spacial score (nSPS) is 21.7. The van der Waals surface area contributed by atoms with E-state index in [2.05, 4.69) is 34.2 Å². The fourth-order valence-electron chi connectivity index (χ4n) is 5.34. The van der Waals surface area contributed by atoms with Gasteiger partial charge in [-0.15, -0.1) is 0 Å². The fourth-order valence-corrected chi connectivity index (χ4v) is 5.34. The molecular formula is C30H30FN3O2. The lowest BCUT2D eigenvalue weighted by Gasteiger charge is -2.57. The minimum absolute atomic E-state index is 0.0193. The molecule has 184 valence electrons. The highest BCUT2D eigenvalue weighted by Crippen LogP contribution is 2.42. The van der Waals surface area contributed by atoms with Gasteiger partial charge in [0.05, 0.1) is 12.3 Å². The number of para-hydroxylation sites is 1. The van der Waals surface area contributed by atoms with Gasteiger partial charge < -0.3 is 15.3 Å². The van der Waals surface area contributed by atoms with Crippen LogP contribution in [0.1, 0.15) is 35.4 Å². The zero-order chi connectivity index (χ0) is 24.9. The smallest absolute Gasteiger partial charge is 0.321 e. The van der Waals surface area contributed by atoms with Crippen molar-refractivity contribution < 1.29 is 14.3 Å². The number of nitrogens with zero attached hydrogens (tertiary/aromatic N) is 2. The minimum Gasteiger partial charge on any atom is -0.395 e.